The summed E-state index contributed by atoms with van der Waals surface area (Å²) in [7, 11) is 0. The Bertz CT molecular complexity index is 1300. The number of anilines is 1. The molecule has 8 heteroatoms. The number of carbonyl (C=O) groups is 1. The number of nitrogens with one attached hydrogen (secondary N) is 1. The van der Waals surface area contributed by atoms with Crippen molar-refractivity contribution in [2.24, 2.45) is 0 Å². The monoisotopic (exact) mass is 454 g/mol. The van der Waals surface area contributed by atoms with Crippen molar-refractivity contribution in [1.29, 1.82) is 0 Å². The summed E-state index contributed by atoms with van der Waals surface area (Å²) in [5.74, 6) is 2.65. The maximum Gasteiger partial charge on any atom is 0.317 e. The lowest BCUT2D eigenvalue weighted by Crippen LogP contribution is -2.51. The molecule has 2 amide bonds. The highest BCUT2D eigenvalue weighted by atomic mass is 16.5. The molecule has 3 heterocycles. The summed E-state index contributed by atoms with van der Waals surface area (Å²) < 4.78 is 5.35. The van der Waals surface area contributed by atoms with Crippen LogP contribution < -0.4 is 10.2 Å². The Hall–Kier alpha value is -3.94. The van der Waals surface area contributed by atoms with Crippen LogP contribution in [-0.4, -0.2) is 52.2 Å². The van der Waals surface area contributed by atoms with Gasteiger partial charge in [0.05, 0.1) is 0 Å². The fraction of sp³-hybridized carbons (Fsp3) is 0.308. The Balaban J connectivity index is 1.03. The van der Waals surface area contributed by atoms with Crippen molar-refractivity contribution >= 4 is 22.6 Å². The number of carbonyl (C=O) groups excluding carboxylic acids is 1. The largest absolute Gasteiger partial charge is 0.353 e. The van der Waals surface area contributed by atoms with Crippen molar-refractivity contribution in [2.45, 2.75) is 25.3 Å². The minimum Gasteiger partial charge on any atom is -0.353 e. The number of aromatic nitrogens is 3. The predicted octanol–water partition coefficient (Wildman–Crippen LogP) is 4.19. The van der Waals surface area contributed by atoms with Gasteiger partial charge in [0.15, 0.2) is 0 Å². The quantitative estimate of drug-likeness (QED) is 0.486. The number of rotatable bonds is 5. The van der Waals surface area contributed by atoms with Crippen molar-refractivity contribution in [2.75, 3.05) is 31.1 Å². The molecule has 1 aliphatic carbocycles. The van der Waals surface area contributed by atoms with Crippen molar-refractivity contribution < 1.29 is 9.32 Å². The average molecular weight is 455 g/mol. The second-order valence-corrected chi connectivity index (χ2v) is 8.91. The van der Waals surface area contributed by atoms with Crippen molar-refractivity contribution in [3.63, 3.8) is 0 Å². The Labute approximate surface area is 197 Å². The second kappa shape index (κ2) is 8.78. The minimum absolute atomic E-state index is 0.0283. The minimum atomic E-state index is -0.0283. The third kappa shape index (κ3) is 4.19. The first-order valence-corrected chi connectivity index (χ1v) is 11.8. The van der Waals surface area contributed by atoms with E-state index in [0.29, 0.717) is 31.4 Å². The van der Waals surface area contributed by atoms with E-state index < -0.39 is 0 Å². The van der Waals surface area contributed by atoms with E-state index in [1.54, 1.807) is 6.20 Å². The third-order valence-electron chi connectivity index (χ3n) is 6.58. The molecule has 1 N–H and O–H groups in total. The van der Waals surface area contributed by atoms with Gasteiger partial charge in [0.2, 0.25) is 11.7 Å². The smallest absolute Gasteiger partial charge is 0.317 e. The average Bonchev–Trinajstić information content (AvgIpc) is 3.63. The summed E-state index contributed by atoms with van der Waals surface area (Å²) in [4.78, 5) is 25.9. The molecule has 4 aromatic rings. The first-order chi connectivity index (χ1) is 16.7. The number of nitrogens with zero attached hydrogens (tertiary/aromatic N) is 5. The molecule has 8 nitrogen and oxygen atoms in total. The molecule has 2 aromatic heterocycles. The van der Waals surface area contributed by atoms with Gasteiger partial charge in [-0.25, -0.2) is 9.78 Å². The van der Waals surface area contributed by atoms with Crippen molar-refractivity contribution in [1.82, 2.24) is 25.3 Å². The van der Waals surface area contributed by atoms with E-state index in [9.17, 15) is 4.79 Å². The molecule has 1 aliphatic heterocycles. The van der Waals surface area contributed by atoms with Crippen LogP contribution in [0.3, 0.4) is 0 Å². The maximum absolute atomic E-state index is 12.8. The number of benzene rings is 2. The predicted molar refractivity (Wildman–Crippen MR) is 129 cm³/mol. The zero-order valence-corrected chi connectivity index (χ0v) is 18.9. The van der Waals surface area contributed by atoms with Gasteiger partial charge in [0.25, 0.3) is 0 Å². The van der Waals surface area contributed by atoms with Crippen LogP contribution in [0, 0.1) is 0 Å². The Morgan fingerprint density at radius 1 is 1.00 bits per heavy atom. The van der Waals surface area contributed by atoms with E-state index in [-0.39, 0.29) is 6.03 Å². The molecular weight excluding hydrogens is 428 g/mol. The van der Waals surface area contributed by atoms with Crippen LogP contribution >= 0.6 is 0 Å². The van der Waals surface area contributed by atoms with Gasteiger partial charge in [-0.2, -0.15) is 4.98 Å². The summed E-state index contributed by atoms with van der Waals surface area (Å²) in [6.45, 7) is 3.30. The summed E-state index contributed by atoms with van der Waals surface area (Å²) in [6.07, 6.45) is 4.05. The molecule has 172 valence electrons. The number of fused-ring (bicyclic) bond motifs is 1. The Morgan fingerprint density at radius 3 is 2.62 bits per heavy atom. The fourth-order valence-electron chi connectivity index (χ4n) is 4.42. The molecule has 0 atom stereocenters. The lowest BCUT2D eigenvalue weighted by molar-refractivity contribution is 0.194. The molecule has 2 fully saturated rings. The van der Waals surface area contributed by atoms with E-state index in [4.69, 9.17) is 4.52 Å². The third-order valence-corrected chi connectivity index (χ3v) is 6.58. The lowest BCUT2D eigenvalue weighted by atomic mass is 10.0. The standard InChI is InChI=1S/C26H26N6O2/c33-26(28-16-20-6-3-5-18-4-1-2-7-22(18)20)32-14-12-31(13-15-32)23-11-10-21(17-27-23)24-29-25(34-30-24)19-8-9-19/h1-7,10-11,17,19H,8-9,12-16H2,(H,28,33). The number of pyridine rings is 1. The van der Waals surface area contributed by atoms with Gasteiger partial charge >= 0.3 is 6.03 Å². The molecule has 0 radical (unpaired) electrons. The van der Waals surface area contributed by atoms with E-state index >= 15 is 0 Å². The highest BCUT2D eigenvalue weighted by molar-refractivity contribution is 5.86. The maximum atomic E-state index is 12.8. The van der Waals surface area contributed by atoms with E-state index in [1.807, 2.05) is 35.2 Å². The molecule has 34 heavy (non-hydrogen) atoms. The van der Waals surface area contributed by atoms with Crippen molar-refractivity contribution in [3.05, 3.63) is 72.2 Å². The summed E-state index contributed by atoms with van der Waals surface area (Å²) >= 11 is 0. The van der Waals surface area contributed by atoms with Gasteiger partial charge in [-0.15, -0.1) is 0 Å². The number of amides is 2. The Kier molecular flexibility index (Phi) is 5.33. The normalized spacial score (nSPS) is 16.1. The van der Waals surface area contributed by atoms with Crippen LogP contribution in [0.5, 0.6) is 0 Å². The summed E-state index contributed by atoms with van der Waals surface area (Å²) in [5, 5.41) is 9.53. The molecule has 2 aromatic carbocycles. The van der Waals surface area contributed by atoms with Gasteiger partial charge < -0.3 is 19.6 Å². The fourth-order valence-corrected chi connectivity index (χ4v) is 4.42. The molecule has 1 saturated heterocycles. The van der Waals surface area contributed by atoms with Crippen LogP contribution in [0.4, 0.5) is 10.6 Å². The molecule has 6 rings (SSSR count). The zero-order valence-electron chi connectivity index (χ0n) is 18.9. The van der Waals surface area contributed by atoms with Gasteiger partial charge in [-0.3, -0.25) is 0 Å². The number of piperazine rings is 1. The molecule has 0 bridgehead atoms. The molecule has 1 saturated carbocycles. The molecule has 0 spiro atoms. The van der Waals surface area contributed by atoms with E-state index in [1.165, 1.54) is 10.8 Å². The van der Waals surface area contributed by atoms with Gasteiger partial charge in [0.1, 0.15) is 5.82 Å². The molecule has 2 aliphatic rings. The Morgan fingerprint density at radius 2 is 1.82 bits per heavy atom. The summed E-state index contributed by atoms with van der Waals surface area (Å²) in [5.41, 5.74) is 1.98. The number of hydrogen-bond acceptors (Lipinski definition) is 6. The number of hydrogen-bond donors (Lipinski definition) is 1. The van der Waals surface area contributed by atoms with Crippen LogP contribution in [0.25, 0.3) is 22.2 Å². The van der Waals surface area contributed by atoms with Gasteiger partial charge in [-0.05, 0) is 41.3 Å². The van der Waals surface area contributed by atoms with Crippen LogP contribution in [0.2, 0.25) is 0 Å². The highest BCUT2D eigenvalue weighted by Crippen LogP contribution is 2.39. The van der Waals surface area contributed by atoms with Crippen LogP contribution in [-0.2, 0) is 6.54 Å². The lowest BCUT2D eigenvalue weighted by Gasteiger charge is -2.35. The van der Waals surface area contributed by atoms with Gasteiger partial charge in [0, 0.05) is 50.4 Å². The van der Waals surface area contributed by atoms with E-state index in [0.717, 1.165) is 48.8 Å². The molecule has 0 unspecified atom stereocenters. The highest BCUT2D eigenvalue weighted by Gasteiger charge is 2.30. The van der Waals surface area contributed by atoms with Crippen LogP contribution in [0.15, 0.2) is 65.3 Å². The van der Waals surface area contributed by atoms with Gasteiger partial charge in [-0.1, -0.05) is 47.6 Å². The SMILES string of the molecule is O=C(NCc1cccc2ccccc12)N1CCN(c2ccc(-c3noc(C4CC4)n3)cn2)CC1. The van der Waals surface area contributed by atoms with Crippen molar-refractivity contribution in [3.8, 4) is 11.4 Å². The molecular formula is C26H26N6O2. The van der Waals surface area contributed by atoms with E-state index in [2.05, 4.69) is 49.6 Å². The zero-order chi connectivity index (χ0) is 22.9. The topological polar surface area (TPSA) is 87.4 Å². The second-order valence-electron chi connectivity index (χ2n) is 8.91. The summed E-state index contributed by atoms with van der Waals surface area (Å²) in [6, 6.07) is 18.4. The number of urea groups is 1. The first-order valence-electron chi connectivity index (χ1n) is 11.8. The first kappa shape index (κ1) is 20.7. The van der Waals surface area contributed by atoms with Crippen LogP contribution in [0.1, 0.15) is 30.2 Å².